The van der Waals surface area contributed by atoms with Gasteiger partial charge in [-0.2, -0.15) is 0 Å². The molecule has 0 bridgehead atoms. The van der Waals surface area contributed by atoms with E-state index in [9.17, 15) is 9.59 Å². The molecule has 2 amide bonds. The predicted molar refractivity (Wildman–Crippen MR) is 72.1 cm³/mol. The molecule has 1 fully saturated rings. The number of carbonyl (C=O) groups excluding carboxylic acids is 2. The second-order valence-electron chi connectivity index (χ2n) is 5.91. The van der Waals surface area contributed by atoms with E-state index in [1.165, 1.54) is 0 Å². The summed E-state index contributed by atoms with van der Waals surface area (Å²) in [5, 5.41) is 2.85. The highest BCUT2D eigenvalue weighted by molar-refractivity contribution is 5.99. The van der Waals surface area contributed by atoms with Crippen molar-refractivity contribution in [1.29, 1.82) is 0 Å². The molecule has 1 rings (SSSR count). The molecule has 1 heterocycles. The third-order valence-corrected chi connectivity index (χ3v) is 4.02. The van der Waals surface area contributed by atoms with E-state index in [2.05, 4.69) is 12.2 Å². The fourth-order valence-corrected chi connectivity index (χ4v) is 2.44. The second kappa shape index (κ2) is 5.29. The van der Waals surface area contributed by atoms with E-state index in [1.807, 2.05) is 20.8 Å². The molecule has 4 heteroatoms. The van der Waals surface area contributed by atoms with E-state index >= 15 is 0 Å². The van der Waals surface area contributed by atoms with Crippen molar-refractivity contribution < 1.29 is 9.59 Å². The topological polar surface area (TPSA) is 49.4 Å². The maximum atomic E-state index is 12.5. The molecule has 1 saturated heterocycles. The van der Waals surface area contributed by atoms with Crippen LogP contribution >= 0.6 is 0 Å². The lowest BCUT2D eigenvalue weighted by atomic mass is 9.88. The van der Waals surface area contributed by atoms with Gasteiger partial charge < -0.3 is 10.2 Å². The molecule has 0 spiro atoms. The average molecular weight is 254 g/mol. The van der Waals surface area contributed by atoms with Gasteiger partial charge in [0.15, 0.2) is 0 Å². The fraction of sp³-hybridized carbons (Fsp3) is 0.857. The lowest BCUT2D eigenvalue weighted by molar-refractivity contribution is -0.158. The third kappa shape index (κ3) is 2.52. The summed E-state index contributed by atoms with van der Waals surface area (Å²) in [5.41, 5.74) is -0.787. The number of nitrogens with one attached hydrogen (secondary N) is 1. The van der Waals surface area contributed by atoms with Crippen LogP contribution < -0.4 is 5.32 Å². The number of carbonyl (C=O) groups is 2. The van der Waals surface area contributed by atoms with Gasteiger partial charge in [-0.3, -0.25) is 9.59 Å². The van der Waals surface area contributed by atoms with Crippen LogP contribution in [0.25, 0.3) is 0 Å². The van der Waals surface area contributed by atoms with Crippen LogP contribution in [0.4, 0.5) is 0 Å². The van der Waals surface area contributed by atoms with Crippen LogP contribution in [-0.2, 0) is 9.59 Å². The van der Waals surface area contributed by atoms with Crippen LogP contribution in [0.3, 0.4) is 0 Å². The number of rotatable bonds is 4. The summed E-state index contributed by atoms with van der Waals surface area (Å²) >= 11 is 0. The van der Waals surface area contributed by atoms with Crippen LogP contribution in [0.1, 0.15) is 54.4 Å². The zero-order valence-corrected chi connectivity index (χ0v) is 12.4. The smallest absolute Gasteiger partial charge is 0.248 e. The van der Waals surface area contributed by atoms with Crippen LogP contribution in [0.2, 0.25) is 0 Å². The van der Waals surface area contributed by atoms with Crippen LogP contribution in [0, 0.1) is 5.92 Å². The van der Waals surface area contributed by atoms with Gasteiger partial charge in [-0.25, -0.2) is 0 Å². The van der Waals surface area contributed by atoms with E-state index in [1.54, 1.807) is 18.7 Å². The standard InChI is InChI=1S/C14H26N2O2/c1-7-9(3)11-12(17)15-14(5,6)13(18)16(11)10(4)8-2/h9-11H,7-8H2,1-6H3,(H,15,17). The Morgan fingerprint density at radius 1 is 1.22 bits per heavy atom. The zero-order valence-electron chi connectivity index (χ0n) is 12.4. The van der Waals surface area contributed by atoms with Crippen molar-refractivity contribution in [3.63, 3.8) is 0 Å². The largest absolute Gasteiger partial charge is 0.340 e. The molecule has 1 N–H and O–H groups in total. The van der Waals surface area contributed by atoms with Gasteiger partial charge in [-0.15, -0.1) is 0 Å². The van der Waals surface area contributed by atoms with Gasteiger partial charge in [-0.05, 0) is 33.1 Å². The molecule has 3 atom stereocenters. The number of piperazine rings is 1. The fourth-order valence-electron chi connectivity index (χ4n) is 2.44. The molecule has 0 radical (unpaired) electrons. The number of hydrogen-bond donors (Lipinski definition) is 1. The monoisotopic (exact) mass is 254 g/mol. The Bertz CT molecular complexity index is 339. The molecule has 1 aliphatic heterocycles. The van der Waals surface area contributed by atoms with Crippen molar-refractivity contribution >= 4 is 11.8 Å². The van der Waals surface area contributed by atoms with Crippen molar-refractivity contribution in [2.75, 3.05) is 0 Å². The van der Waals surface area contributed by atoms with E-state index in [4.69, 9.17) is 0 Å². The van der Waals surface area contributed by atoms with Crippen molar-refractivity contribution in [3.05, 3.63) is 0 Å². The van der Waals surface area contributed by atoms with Crippen LogP contribution in [-0.4, -0.2) is 34.3 Å². The third-order valence-electron chi connectivity index (χ3n) is 4.02. The first kappa shape index (κ1) is 15.0. The summed E-state index contributed by atoms with van der Waals surface area (Å²) in [4.78, 5) is 26.6. The predicted octanol–water partition coefficient (Wildman–Crippen LogP) is 1.94. The second-order valence-corrected chi connectivity index (χ2v) is 5.91. The molecule has 104 valence electrons. The Labute approximate surface area is 110 Å². The first-order valence-electron chi connectivity index (χ1n) is 6.91. The first-order chi connectivity index (χ1) is 8.26. The molecule has 0 aromatic heterocycles. The Morgan fingerprint density at radius 3 is 2.22 bits per heavy atom. The van der Waals surface area contributed by atoms with Crippen LogP contribution in [0.5, 0.6) is 0 Å². The SMILES string of the molecule is CCC(C)C1C(=O)NC(C)(C)C(=O)N1C(C)CC. The van der Waals surface area contributed by atoms with E-state index in [0.717, 1.165) is 12.8 Å². The first-order valence-corrected chi connectivity index (χ1v) is 6.91. The summed E-state index contributed by atoms with van der Waals surface area (Å²) in [6.45, 7) is 11.7. The molecule has 18 heavy (non-hydrogen) atoms. The van der Waals surface area contributed by atoms with Crippen LogP contribution in [0.15, 0.2) is 0 Å². The van der Waals surface area contributed by atoms with Gasteiger partial charge >= 0.3 is 0 Å². The molecule has 0 aromatic rings. The van der Waals surface area contributed by atoms with Crippen molar-refractivity contribution in [2.24, 2.45) is 5.92 Å². The Balaban J connectivity index is 3.14. The minimum absolute atomic E-state index is 0.0192. The minimum Gasteiger partial charge on any atom is -0.340 e. The van der Waals surface area contributed by atoms with E-state index < -0.39 is 5.54 Å². The summed E-state index contributed by atoms with van der Waals surface area (Å²) in [6.07, 6.45) is 1.75. The van der Waals surface area contributed by atoms with Gasteiger partial charge in [0.2, 0.25) is 11.8 Å². The molecule has 0 saturated carbocycles. The van der Waals surface area contributed by atoms with Gasteiger partial charge in [0.25, 0.3) is 0 Å². The lowest BCUT2D eigenvalue weighted by Crippen LogP contribution is -2.70. The highest BCUT2D eigenvalue weighted by Crippen LogP contribution is 2.27. The molecule has 0 aliphatic carbocycles. The Morgan fingerprint density at radius 2 is 1.78 bits per heavy atom. The van der Waals surface area contributed by atoms with Crippen molar-refractivity contribution in [3.8, 4) is 0 Å². The molecular formula is C14H26N2O2. The average Bonchev–Trinajstić information content (AvgIpc) is 2.31. The normalized spacial score (nSPS) is 26.8. The minimum atomic E-state index is -0.787. The van der Waals surface area contributed by atoms with E-state index in [0.29, 0.717) is 0 Å². The maximum Gasteiger partial charge on any atom is 0.248 e. The van der Waals surface area contributed by atoms with Gasteiger partial charge in [0, 0.05) is 6.04 Å². The van der Waals surface area contributed by atoms with Crippen molar-refractivity contribution in [2.45, 2.75) is 72.0 Å². The Hall–Kier alpha value is -1.06. The van der Waals surface area contributed by atoms with Gasteiger partial charge in [0.1, 0.15) is 11.6 Å². The number of amides is 2. The zero-order chi connectivity index (χ0) is 14.1. The highest BCUT2D eigenvalue weighted by atomic mass is 16.2. The number of nitrogens with zero attached hydrogens (tertiary/aromatic N) is 1. The summed E-state index contributed by atoms with van der Waals surface area (Å²) in [7, 11) is 0. The lowest BCUT2D eigenvalue weighted by Gasteiger charge is -2.47. The van der Waals surface area contributed by atoms with Gasteiger partial charge in [0.05, 0.1) is 0 Å². The highest BCUT2D eigenvalue weighted by Gasteiger charge is 2.47. The van der Waals surface area contributed by atoms with Crippen molar-refractivity contribution in [1.82, 2.24) is 10.2 Å². The Kier molecular flexibility index (Phi) is 4.41. The molecule has 1 aliphatic rings. The summed E-state index contributed by atoms with van der Waals surface area (Å²) in [5.74, 6) is 0.190. The molecule has 3 unspecified atom stereocenters. The summed E-state index contributed by atoms with van der Waals surface area (Å²) in [6, 6.07) is -0.229. The quantitative estimate of drug-likeness (QED) is 0.833. The molecule has 4 nitrogen and oxygen atoms in total. The maximum absolute atomic E-state index is 12.5. The van der Waals surface area contributed by atoms with E-state index in [-0.39, 0.29) is 29.8 Å². The summed E-state index contributed by atoms with van der Waals surface area (Å²) < 4.78 is 0. The molecular weight excluding hydrogens is 228 g/mol. The molecule has 0 aromatic carbocycles. The number of hydrogen-bond acceptors (Lipinski definition) is 2. The van der Waals surface area contributed by atoms with Gasteiger partial charge in [-0.1, -0.05) is 27.2 Å².